The van der Waals surface area contributed by atoms with Gasteiger partial charge in [-0.1, -0.05) is 13.0 Å². The molecule has 0 amide bonds. The molecule has 2 N–H and O–H groups in total. The summed E-state index contributed by atoms with van der Waals surface area (Å²) in [7, 11) is 0. The number of hydrogen-bond donors (Lipinski definition) is 2. The van der Waals surface area contributed by atoms with Crippen LogP contribution in [-0.4, -0.2) is 37.0 Å². The highest BCUT2D eigenvalue weighted by Gasteiger charge is 2.20. The van der Waals surface area contributed by atoms with Gasteiger partial charge in [-0.3, -0.25) is 0 Å². The fourth-order valence-corrected chi connectivity index (χ4v) is 1.70. The molecule has 1 aliphatic heterocycles. The zero-order chi connectivity index (χ0) is 11.1. The fraction of sp³-hybridized carbons (Fsp3) is 0.833. The molecular formula is C12H23NO2. The molecule has 15 heavy (non-hydrogen) atoms. The van der Waals surface area contributed by atoms with E-state index in [1.54, 1.807) is 0 Å². The lowest BCUT2D eigenvalue weighted by atomic mass is 9.94. The fourth-order valence-electron chi connectivity index (χ4n) is 1.70. The van der Waals surface area contributed by atoms with Crippen molar-refractivity contribution in [2.45, 2.75) is 38.6 Å². The van der Waals surface area contributed by atoms with Gasteiger partial charge in [0.15, 0.2) is 0 Å². The van der Waals surface area contributed by atoms with E-state index in [1.165, 1.54) is 5.57 Å². The van der Waals surface area contributed by atoms with Crippen LogP contribution in [0, 0.1) is 0 Å². The van der Waals surface area contributed by atoms with Crippen LogP contribution >= 0.6 is 0 Å². The molecule has 1 aliphatic rings. The maximum Gasteiger partial charge on any atom is 0.0689 e. The topological polar surface area (TPSA) is 41.5 Å². The minimum atomic E-state index is 0.0486. The highest BCUT2D eigenvalue weighted by molar-refractivity contribution is 5.07. The van der Waals surface area contributed by atoms with Gasteiger partial charge in [-0.05, 0) is 31.8 Å². The maximum atomic E-state index is 8.99. The van der Waals surface area contributed by atoms with Crippen molar-refractivity contribution in [2.75, 3.05) is 26.4 Å². The molecule has 1 rings (SSSR count). The molecule has 3 heteroatoms. The molecular weight excluding hydrogens is 190 g/mol. The number of aliphatic hydroxyl groups excluding tert-OH is 1. The minimum absolute atomic E-state index is 0.0486. The maximum absolute atomic E-state index is 8.99. The highest BCUT2D eigenvalue weighted by Crippen LogP contribution is 2.15. The molecule has 0 saturated heterocycles. The molecule has 0 radical (unpaired) electrons. The molecule has 88 valence electrons. The molecule has 0 aromatic rings. The zero-order valence-electron chi connectivity index (χ0n) is 9.88. The van der Waals surface area contributed by atoms with E-state index >= 15 is 0 Å². The third-order valence-electron chi connectivity index (χ3n) is 3.17. The normalized spacial score (nSPS) is 20.9. The Morgan fingerprint density at radius 1 is 1.60 bits per heavy atom. The van der Waals surface area contributed by atoms with E-state index in [-0.39, 0.29) is 12.1 Å². The third-order valence-corrected chi connectivity index (χ3v) is 3.17. The van der Waals surface area contributed by atoms with E-state index in [0.717, 1.165) is 39.0 Å². The molecule has 0 bridgehead atoms. The van der Waals surface area contributed by atoms with Gasteiger partial charge in [0.2, 0.25) is 0 Å². The standard InChI is InChI=1S/C12H23NO2/c1-3-12(2,6-7-14)13-9-11-5-4-8-15-10-11/h5,13-14H,3-4,6-10H2,1-2H3. The second kappa shape index (κ2) is 6.26. The summed E-state index contributed by atoms with van der Waals surface area (Å²) in [5.74, 6) is 0. The lowest BCUT2D eigenvalue weighted by molar-refractivity contribution is 0.146. The Labute approximate surface area is 92.5 Å². The summed E-state index contributed by atoms with van der Waals surface area (Å²) in [6, 6.07) is 0. The van der Waals surface area contributed by atoms with Gasteiger partial charge in [0.1, 0.15) is 0 Å². The first-order valence-corrected chi connectivity index (χ1v) is 5.82. The zero-order valence-corrected chi connectivity index (χ0v) is 9.88. The second-order valence-corrected chi connectivity index (χ2v) is 4.45. The summed E-state index contributed by atoms with van der Waals surface area (Å²) in [5, 5.41) is 12.5. The van der Waals surface area contributed by atoms with Crippen molar-refractivity contribution < 1.29 is 9.84 Å². The number of ether oxygens (including phenoxy) is 1. The number of hydrogen-bond acceptors (Lipinski definition) is 3. The second-order valence-electron chi connectivity index (χ2n) is 4.45. The quantitative estimate of drug-likeness (QED) is 0.657. The van der Waals surface area contributed by atoms with E-state index in [0.29, 0.717) is 0 Å². The van der Waals surface area contributed by atoms with Crippen molar-refractivity contribution in [3.05, 3.63) is 11.6 Å². The Bertz CT molecular complexity index is 216. The van der Waals surface area contributed by atoms with Crippen LogP contribution in [0.15, 0.2) is 11.6 Å². The van der Waals surface area contributed by atoms with Gasteiger partial charge in [0.05, 0.1) is 13.2 Å². The van der Waals surface area contributed by atoms with E-state index in [4.69, 9.17) is 9.84 Å². The van der Waals surface area contributed by atoms with Crippen molar-refractivity contribution in [3.63, 3.8) is 0 Å². The molecule has 0 spiro atoms. The van der Waals surface area contributed by atoms with Crippen molar-refractivity contribution in [1.29, 1.82) is 0 Å². The van der Waals surface area contributed by atoms with E-state index in [1.807, 2.05) is 0 Å². The summed E-state index contributed by atoms with van der Waals surface area (Å²) < 4.78 is 5.38. The molecule has 1 atom stereocenters. The number of aliphatic hydroxyl groups is 1. The predicted octanol–water partition coefficient (Wildman–Crippen LogP) is 1.47. The van der Waals surface area contributed by atoms with Crippen molar-refractivity contribution >= 4 is 0 Å². The van der Waals surface area contributed by atoms with Gasteiger partial charge >= 0.3 is 0 Å². The van der Waals surface area contributed by atoms with Crippen LogP contribution in [0.25, 0.3) is 0 Å². The first-order chi connectivity index (χ1) is 7.20. The lowest BCUT2D eigenvalue weighted by Gasteiger charge is -2.30. The average Bonchev–Trinajstić information content (AvgIpc) is 2.28. The Morgan fingerprint density at radius 2 is 2.40 bits per heavy atom. The van der Waals surface area contributed by atoms with Crippen LogP contribution in [0.5, 0.6) is 0 Å². The molecule has 0 aliphatic carbocycles. The Hall–Kier alpha value is -0.380. The summed E-state index contributed by atoms with van der Waals surface area (Å²) >= 11 is 0. The van der Waals surface area contributed by atoms with Crippen LogP contribution < -0.4 is 5.32 Å². The highest BCUT2D eigenvalue weighted by atomic mass is 16.5. The minimum Gasteiger partial charge on any atom is -0.396 e. The first-order valence-electron chi connectivity index (χ1n) is 5.82. The van der Waals surface area contributed by atoms with Gasteiger partial charge in [0.25, 0.3) is 0 Å². The van der Waals surface area contributed by atoms with Crippen LogP contribution in [0.4, 0.5) is 0 Å². The molecule has 0 saturated carbocycles. The van der Waals surface area contributed by atoms with Crippen molar-refractivity contribution in [1.82, 2.24) is 5.32 Å². The van der Waals surface area contributed by atoms with Crippen LogP contribution in [0.1, 0.15) is 33.1 Å². The Balaban J connectivity index is 2.35. The van der Waals surface area contributed by atoms with Crippen LogP contribution in [0.2, 0.25) is 0 Å². The summed E-state index contributed by atoms with van der Waals surface area (Å²) in [4.78, 5) is 0. The van der Waals surface area contributed by atoms with Gasteiger partial charge in [0, 0.05) is 18.7 Å². The monoisotopic (exact) mass is 213 g/mol. The average molecular weight is 213 g/mol. The van der Waals surface area contributed by atoms with E-state index in [2.05, 4.69) is 25.2 Å². The van der Waals surface area contributed by atoms with Crippen molar-refractivity contribution in [3.8, 4) is 0 Å². The van der Waals surface area contributed by atoms with Gasteiger partial charge in [-0.25, -0.2) is 0 Å². The summed E-state index contributed by atoms with van der Waals surface area (Å²) in [6.07, 6.45) is 5.12. The van der Waals surface area contributed by atoms with Crippen LogP contribution in [-0.2, 0) is 4.74 Å². The summed E-state index contributed by atoms with van der Waals surface area (Å²) in [5.41, 5.74) is 1.38. The van der Waals surface area contributed by atoms with E-state index in [9.17, 15) is 0 Å². The van der Waals surface area contributed by atoms with Gasteiger partial charge < -0.3 is 15.2 Å². The predicted molar refractivity (Wildman–Crippen MR) is 61.9 cm³/mol. The first kappa shape index (κ1) is 12.7. The largest absolute Gasteiger partial charge is 0.396 e. The van der Waals surface area contributed by atoms with Gasteiger partial charge in [-0.15, -0.1) is 0 Å². The number of nitrogens with one attached hydrogen (secondary N) is 1. The molecule has 0 aromatic heterocycles. The number of rotatable bonds is 6. The molecule has 1 heterocycles. The summed E-state index contributed by atoms with van der Waals surface area (Å²) in [6.45, 7) is 7.04. The molecule has 3 nitrogen and oxygen atoms in total. The lowest BCUT2D eigenvalue weighted by Crippen LogP contribution is -2.44. The molecule has 0 fully saturated rings. The Morgan fingerprint density at radius 3 is 2.93 bits per heavy atom. The van der Waals surface area contributed by atoms with Crippen LogP contribution in [0.3, 0.4) is 0 Å². The molecule has 0 aromatic carbocycles. The van der Waals surface area contributed by atoms with Crippen molar-refractivity contribution in [2.24, 2.45) is 0 Å². The van der Waals surface area contributed by atoms with Gasteiger partial charge in [-0.2, -0.15) is 0 Å². The molecule has 1 unspecified atom stereocenters. The van der Waals surface area contributed by atoms with E-state index < -0.39 is 0 Å². The third kappa shape index (κ3) is 4.33. The Kier molecular flexibility index (Phi) is 5.29. The smallest absolute Gasteiger partial charge is 0.0689 e. The SMILES string of the molecule is CCC(C)(CCO)NCC1=CCCOC1.